The molecule has 2 aromatic carbocycles. The predicted octanol–water partition coefficient (Wildman–Crippen LogP) is 4.81. The smallest absolute Gasteiger partial charge is 0.263 e. The fraction of sp³-hybridized carbons (Fsp3) is 0.0625. The van der Waals surface area contributed by atoms with Crippen molar-refractivity contribution < 1.29 is 4.79 Å². The van der Waals surface area contributed by atoms with Crippen LogP contribution in [0.2, 0.25) is 0 Å². The zero-order valence-electron chi connectivity index (χ0n) is 11.0. The molecule has 0 aliphatic heterocycles. The van der Waals surface area contributed by atoms with Crippen LogP contribution in [0.3, 0.4) is 0 Å². The van der Waals surface area contributed by atoms with Crippen LogP contribution in [0.25, 0.3) is 0 Å². The lowest BCUT2D eigenvalue weighted by Crippen LogP contribution is -2.12. The average Bonchev–Trinajstić information content (AvgIpc) is 2.48. The second-order valence-corrected chi connectivity index (χ2v) is 5.54. The van der Waals surface area contributed by atoms with E-state index in [9.17, 15) is 4.79 Å². The Kier molecular flexibility index (Phi) is 5.27. The van der Waals surface area contributed by atoms with Gasteiger partial charge in [-0.25, -0.2) is 0 Å². The molecule has 2 aromatic rings. The molecule has 1 N–H and O–H groups in total. The molecule has 20 heavy (non-hydrogen) atoms. The summed E-state index contributed by atoms with van der Waals surface area (Å²) in [4.78, 5) is 13.6. The van der Waals surface area contributed by atoms with Crippen LogP contribution in [-0.4, -0.2) is 5.91 Å². The van der Waals surface area contributed by atoms with Gasteiger partial charge in [-0.05, 0) is 31.2 Å². The van der Waals surface area contributed by atoms with Gasteiger partial charge in [0.15, 0.2) is 0 Å². The highest BCUT2D eigenvalue weighted by Crippen LogP contribution is 2.27. The molecule has 0 unspecified atom stereocenters. The number of rotatable bonds is 4. The summed E-state index contributed by atoms with van der Waals surface area (Å²) in [5.74, 6) is -0.210. The minimum Gasteiger partial charge on any atom is -0.322 e. The number of halogens is 1. The molecule has 0 radical (unpaired) electrons. The zero-order chi connectivity index (χ0) is 14.4. The Balaban J connectivity index is 2.05. The fourth-order valence-corrected chi connectivity index (χ4v) is 2.53. The number of benzene rings is 2. The first-order valence-electron chi connectivity index (χ1n) is 6.10. The van der Waals surface area contributed by atoms with Crippen LogP contribution in [0.4, 0.5) is 5.69 Å². The van der Waals surface area contributed by atoms with Gasteiger partial charge in [-0.2, -0.15) is 0 Å². The van der Waals surface area contributed by atoms with Gasteiger partial charge in [-0.3, -0.25) is 4.79 Å². The second-order valence-electron chi connectivity index (χ2n) is 4.21. The maximum atomic E-state index is 12.1. The van der Waals surface area contributed by atoms with Gasteiger partial charge in [0.05, 0.1) is 4.91 Å². The molecule has 0 saturated carbocycles. The Morgan fingerprint density at radius 2 is 1.75 bits per heavy atom. The lowest BCUT2D eigenvalue weighted by molar-refractivity contribution is -0.112. The summed E-state index contributed by atoms with van der Waals surface area (Å²) in [5.41, 5.74) is 3.21. The second kappa shape index (κ2) is 7.17. The van der Waals surface area contributed by atoms with E-state index < -0.39 is 0 Å². The quantitative estimate of drug-likeness (QED) is 0.649. The number of nitrogens with one attached hydrogen (secondary N) is 1. The number of aryl methyl sites for hydroxylation is 1. The van der Waals surface area contributed by atoms with Crippen LogP contribution < -0.4 is 5.32 Å². The van der Waals surface area contributed by atoms with Gasteiger partial charge >= 0.3 is 0 Å². The molecule has 102 valence electrons. The standard InChI is InChI=1S/C16H14ClNOS/c1-12-7-9-13(10-8-12)18-16(19)15(11-17)20-14-5-3-2-4-6-14/h2-11H,1H3,(H,18,19)/b15-11-. The van der Waals surface area contributed by atoms with Crippen molar-refractivity contribution >= 4 is 35.0 Å². The molecule has 2 rings (SSSR count). The minimum atomic E-state index is -0.210. The van der Waals surface area contributed by atoms with Gasteiger partial charge in [-0.15, -0.1) is 0 Å². The highest BCUT2D eigenvalue weighted by molar-refractivity contribution is 8.04. The van der Waals surface area contributed by atoms with E-state index in [0.717, 1.165) is 16.1 Å². The minimum absolute atomic E-state index is 0.210. The van der Waals surface area contributed by atoms with Gasteiger partial charge in [0.2, 0.25) is 0 Å². The molecule has 4 heteroatoms. The summed E-state index contributed by atoms with van der Waals surface area (Å²) in [7, 11) is 0. The van der Waals surface area contributed by atoms with Crippen LogP contribution in [0.1, 0.15) is 5.56 Å². The van der Waals surface area contributed by atoms with E-state index in [4.69, 9.17) is 11.6 Å². The Bertz CT molecular complexity index is 608. The number of hydrogen-bond donors (Lipinski definition) is 1. The average molecular weight is 304 g/mol. The van der Waals surface area contributed by atoms with Crippen molar-refractivity contribution in [2.24, 2.45) is 0 Å². The van der Waals surface area contributed by atoms with Crippen molar-refractivity contribution in [2.45, 2.75) is 11.8 Å². The predicted molar refractivity (Wildman–Crippen MR) is 86.0 cm³/mol. The summed E-state index contributed by atoms with van der Waals surface area (Å²) in [6.07, 6.45) is 0. The van der Waals surface area contributed by atoms with Crippen molar-refractivity contribution in [3.63, 3.8) is 0 Å². The van der Waals surface area contributed by atoms with Crippen molar-refractivity contribution in [3.05, 3.63) is 70.6 Å². The van der Waals surface area contributed by atoms with Gasteiger partial charge in [0, 0.05) is 16.1 Å². The molecule has 2 nitrogen and oxygen atoms in total. The SMILES string of the molecule is Cc1ccc(NC(=O)/C(=C/Cl)Sc2ccccc2)cc1. The molecule has 0 atom stereocenters. The first-order chi connectivity index (χ1) is 9.69. The maximum Gasteiger partial charge on any atom is 0.263 e. The number of amides is 1. The lowest BCUT2D eigenvalue weighted by Gasteiger charge is -2.08. The number of carbonyl (C=O) groups is 1. The van der Waals surface area contributed by atoms with Crippen LogP contribution >= 0.6 is 23.4 Å². The Labute approximate surface area is 127 Å². The highest BCUT2D eigenvalue weighted by Gasteiger charge is 2.11. The Morgan fingerprint density at radius 1 is 1.10 bits per heavy atom. The van der Waals surface area contributed by atoms with Crippen LogP contribution in [0.15, 0.2) is 69.9 Å². The number of carbonyl (C=O) groups excluding carboxylic acids is 1. The molecule has 0 heterocycles. The summed E-state index contributed by atoms with van der Waals surface area (Å²) in [6.45, 7) is 2.00. The van der Waals surface area contributed by atoms with Crippen LogP contribution in [0.5, 0.6) is 0 Å². The molecule has 0 aromatic heterocycles. The molecule has 0 saturated heterocycles. The van der Waals surface area contributed by atoms with Crippen molar-refractivity contribution in [2.75, 3.05) is 5.32 Å². The summed E-state index contributed by atoms with van der Waals surface area (Å²) < 4.78 is 0. The highest BCUT2D eigenvalue weighted by atomic mass is 35.5. The van der Waals surface area contributed by atoms with E-state index >= 15 is 0 Å². The molecule has 0 spiro atoms. The van der Waals surface area contributed by atoms with E-state index in [2.05, 4.69) is 5.32 Å². The van der Waals surface area contributed by atoms with Crippen LogP contribution in [0, 0.1) is 6.92 Å². The van der Waals surface area contributed by atoms with Gasteiger partial charge in [-0.1, -0.05) is 59.3 Å². The number of thioether (sulfide) groups is 1. The monoisotopic (exact) mass is 303 g/mol. The topological polar surface area (TPSA) is 29.1 Å². The van der Waals surface area contributed by atoms with Crippen molar-refractivity contribution in [1.29, 1.82) is 0 Å². The van der Waals surface area contributed by atoms with E-state index in [0.29, 0.717) is 4.91 Å². The van der Waals surface area contributed by atoms with E-state index in [-0.39, 0.29) is 5.91 Å². The molecule has 0 aliphatic rings. The molecule has 0 fully saturated rings. The summed E-state index contributed by atoms with van der Waals surface area (Å²) >= 11 is 7.10. The third-order valence-electron chi connectivity index (χ3n) is 2.60. The largest absolute Gasteiger partial charge is 0.322 e. The van der Waals surface area contributed by atoms with Crippen molar-refractivity contribution in [3.8, 4) is 0 Å². The Hall–Kier alpha value is -1.71. The molecule has 0 bridgehead atoms. The van der Waals surface area contributed by atoms with E-state index in [1.165, 1.54) is 17.3 Å². The summed E-state index contributed by atoms with van der Waals surface area (Å²) in [5, 5.41) is 2.83. The van der Waals surface area contributed by atoms with Crippen LogP contribution in [-0.2, 0) is 4.79 Å². The first-order valence-corrected chi connectivity index (χ1v) is 7.35. The lowest BCUT2D eigenvalue weighted by atomic mass is 10.2. The normalized spacial score (nSPS) is 11.2. The molecule has 1 amide bonds. The Morgan fingerprint density at radius 3 is 2.35 bits per heavy atom. The third kappa shape index (κ3) is 4.15. The number of anilines is 1. The molecular weight excluding hydrogens is 290 g/mol. The van der Waals surface area contributed by atoms with E-state index in [1.807, 2.05) is 61.5 Å². The maximum absolute atomic E-state index is 12.1. The third-order valence-corrected chi connectivity index (χ3v) is 3.98. The molecule has 0 aliphatic carbocycles. The number of hydrogen-bond acceptors (Lipinski definition) is 2. The first kappa shape index (κ1) is 14.7. The van der Waals surface area contributed by atoms with Gasteiger partial charge in [0.25, 0.3) is 5.91 Å². The summed E-state index contributed by atoms with van der Waals surface area (Å²) in [6, 6.07) is 17.3. The van der Waals surface area contributed by atoms with E-state index in [1.54, 1.807) is 0 Å². The fourth-order valence-electron chi connectivity index (χ4n) is 1.56. The van der Waals surface area contributed by atoms with Crippen molar-refractivity contribution in [1.82, 2.24) is 0 Å². The zero-order valence-corrected chi connectivity index (χ0v) is 12.5. The van der Waals surface area contributed by atoms with Gasteiger partial charge in [0.1, 0.15) is 0 Å². The molecular formula is C16H14ClNOS. The van der Waals surface area contributed by atoms with Gasteiger partial charge < -0.3 is 5.32 Å².